The van der Waals surface area contributed by atoms with E-state index >= 15 is 0 Å². The number of thioether (sulfide) groups is 1. The fourth-order valence-corrected chi connectivity index (χ4v) is 10.6. The monoisotopic (exact) mass is 506 g/mol. The maximum Gasteiger partial charge on any atom is 0.219 e. The van der Waals surface area contributed by atoms with Crippen LogP contribution in [0.5, 0.6) is 0 Å². The predicted octanol–water partition coefficient (Wildman–Crippen LogP) is 9.97. The van der Waals surface area contributed by atoms with Crippen LogP contribution in [0.2, 0.25) is 0 Å². The summed E-state index contributed by atoms with van der Waals surface area (Å²) in [6.07, 6.45) is 17.6. The standard InChI is InChI=1S/C34H50OS/c1-23(2)10-9-11-24(3)29-16-17-30-28-15-14-26-22-27(36-32(35)25-12-7-6-8-13-25)18-20-33(26,4)31(28)19-21-34(29,30)5/h6-8,12-14,23-24,27-31H,9-11,15-22H2,1-5H3/t24-,27-,28-,29+,30-,31-,33-,34+/m0/s1. The van der Waals surface area contributed by atoms with Crippen molar-refractivity contribution in [1.82, 2.24) is 0 Å². The summed E-state index contributed by atoms with van der Waals surface area (Å²) in [5.74, 6) is 5.34. The molecule has 1 aromatic carbocycles. The van der Waals surface area contributed by atoms with Crippen LogP contribution in [0.1, 0.15) is 116 Å². The van der Waals surface area contributed by atoms with Crippen LogP contribution in [0.25, 0.3) is 0 Å². The minimum atomic E-state index is 0.256. The fraction of sp³-hybridized carbons (Fsp3) is 0.735. The first-order chi connectivity index (χ1) is 17.2. The minimum absolute atomic E-state index is 0.256. The number of carbonyl (C=O) groups is 1. The van der Waals surface area contributed by atoms with Crippen molar-refractivity contribution in [3.63, 3.8) is 0 Å². The van der Waals surface area contributed by atoms with Crippen LogP contribution in [-0.4, -0.2) is 10.4 Å². The topological polar surface area (TPSA) is 17.1 Å². The van der Waals surface area contributed by atoms with Crippen LogP contribution in [0.3, 0.4) is 0 Å². The predicted molar refractivity (Wildman–Crippen MR) is 155 cm³/mol. The molecule has 0 radical (unpaired) electrons. The lowest BCUT2D eigenvalue weighted by molar-refractivity contribution is -0.0497. The molecule has 1 aromatic rings. The van der Waals surface area contributed by atoms with E-state index in [4.69, 9.17) is 0 Å². The van der Waals surface area contributed by atoms with Gasteiger partial charge in [-0.15, -0.1) is 0 Å². The highest BCUT2D eigenvalue weighted by atomic mass is 32.2. The van der Waals surface area contributed by atoms with Crippen LogP contribution in [-0.2, 0) is 0 Å². The van der Waals surface area contributed by atoms with Crippen molar-refractivity contribution in [2.45, 2.75) is 110 Å². The summed E-state index contributed by atoms with van der Waals surface area (Å²) < 4.78 is 0. The molecule has 0 bridgehead atoms. The molecule has 4 aliphatic carbocycles. The summed E-state index contributed by atoms with van der Waals surface area (Å²) >= 11 is 1.60. The molecule has 36 heavy (non-hydrogen) atoms. The van der Waals surface area contributed by atoms with Crippen molar-refractivity contribution in [1.29, 1.82) is 0 Å². The van der Waals surface area contributed by atoms with Gasteiger partial charge in [-0.05, 0) is 97.7 Å². The molecule has 0 N–H and O–H groups in total. The smallest absolute Gasteiger partial charge is 0.219 e. The highest BCUT2D eigenvalue weighted by Gasteiger charge is 2.59. The third-order valence-electron chi connectivity index (χ3n) is 11.5. The number of hydrogen-bond acceptors (Lipinski definition) is 2. The molecule has 198 valence electrons. The SMILES string of the molecule is CC(C)CCC[C@H](C)[C@H]1CC[C@H]2[C@@H]3CC=C4C[C@@H](SC(=O)c5ccccc5)CC[C@]4(C)[C@H]3CC[C@]12C. The zero-order valence-electron chi connectivity index (χ0n) is 23.6. The van der Waals surface area contributed by atoms with Crippen LogP contribution in [0, 0.1) is 46.3 Å². The molecule has 0 amide bonds. The van der Waals surface area contributed by atoms with E-state index in [-0.39, 0.29) is 5.12 Å². The van der Waals surface area contributed by atoms with Crippen LogP contribution in [0.15, 0.2) is 42.0 Å². The van der Waals surface area contributed by atoms with Gasteiger partial charge in [0.25, 0.3) is 0 Å². The molecule has 3 saturated carbocycles. The number of benzene rings is 1. The van der Waals surface area contributed by atoms with Crippen LogP contribution in [0.4, 0.5) is 0 Å². The average molecular weight is 507 g/mol. The molecule has 2 heteroatoms. The lowest BCUT2D eigenvalue weighted by atomic mass is 9.47. The summed E-state index contributed by atoms with van der Waals surface area (Å²) in [5.41, 5.74) is 3.50. The maximum absolute atomic E-state index is 12.9. The Hall–Kier alpha value is -1.02. The van der Waals surface area contributed by atoms with E-state index in [1.54, 1.807) is 17.3 Å². The Morgan fingerprint density at radius 3 is 2.50 bits per heavy atom. The lowest BCUT2D eigenvalue weighted by Crippen LogP contribution is -2.50. The van der Waals surface area contributed by atoms with Gasteiger partial charge in [0.1, 0.15) is 0 Å². The van der Waals surface area contributed by atoms with Gasteiger partial charge >= 0.3 is 0 Å². The molecule has 1 nitrogen and oxygen atoms in total. The van der Waals surface area contributed by atoms with Gasteiger partial charge in [0.15, 0.2) is 0 Å². The Bertz CT molecular complexity index is 949. The van der Waals surface area contributed by atoms with E-state index < -0.39 is 0 Å². The molecule has 0 unspecified atom stereocenters. The second kappa shape index (κ2) is 10.6. The zero-order valence-corrected chi connectivity index (χ0v) is 24.4. The molecule has 4 aliphatic rings. The Kier molecular flexibility index (Phi) is 7.85. The largest absolute Gasteiger partial charge is 0.282 e. The van der Waals surface area contributed by atoms with Crippen molar-refractivity contribution < 1.29 is 4.79 Å². The Labute approximate surface area is 225 Å². The van der Waals surface area contributed by atoms with Gasteiger partial charge in [0.2, 0.25) is 5.12 Å². The summed E-state index contributed by atoms with van der Waals surface area (Å²) in [6.45, 7) is 12.6. The van der Waals surface area contributed by atoms with Gasteiger partial charge in [-0.1, -0.05) is 108 Å². The fourth-order valence-electron chi connectivity index (χ4n) is 9.55. The first-order valence-corrected chi connectivity index (χ1v) is 16.1. The maximum atomic E-state index is 12.9. The second-order valence-electron chi connectivity index (χ2n) is 13.9. The quantitative estimate of drug-likeness (QED) is 0.342. The third kappa shape index (κ3) is 4.90. The van der Waals surface area contributed by atoms with Gasteiger partial charge < -0.3 is 0 Å². The number of allylic oxidation sites excluding steroid dienone is 2. The Morgan fingerprint density at radius 1 is 0.972 bits per heavy atom. The van der Waals surface area contributed by atoms with E-state index in [1.165, 1.54) is 64.2 Å². The van der Waals surface area contributed by atoms with E-state index in [9.17, 15) is 4.79 Å². The molecule has 3 fully saturated rings. The highest BCUT2D eigenvalue weighted by molar-refractivity contribution is 8.14. The lowest BCUT2D eigenvalue weighted by Gasteiger charge is -2.58. The van der Waals surface area contributed by atoms with Crippen molar-refractivity contribution >= 4 is 16.9 Å². The molecular formula is C34H50OS. The van der Waals surface area contributed by atoms with E-state index in [2.05, 4.69) is 40.7 Å². The van der Waals surface area contributed by atoms with Gasteiger partial charge in [-0.2, -0.15) is 0 Å². The van der Waals surface area contributed by atoms with Crippen molar-refractivity contribution in [3.05, 3.63) is 47.5 Å². The number of carbonyl (C=O) groups excluding carboxylic acids is 1. The van der Waals surface area contributed by atoms with Gasteiger partial charge in [0, 0.05) is 10.8 Å². The summed E-state index contributed by atoms with van der Waals surface area (Å²) in [6, 6.07) is 9.88. The zero-order chi connectivity index (χ0) is 25.5. The number of hydrogen-bond donors (Lipinski definition) is 0. The molecular weight excluding hydrogens is 456 g/mol. The summed E-state index contributed by atoms with van der Waals surface area (Å²) in [5, 5.41) is 0.705. The van der Waals surface area contributed by atoms with Crippen LogP contribution >= 0.6 is 11.8 Å². The molecule has 0 heterocycles. The summed E-state index contributed by atoms with van der Waals surface area (Å²) in [7, 11) is 0. The van der Waals surface area contributed by atoms with Crippen molar-refractivity contribution in [2.24, 2.45) is 46.3 Å². The molecule has 0 spiro atoms. The normalized spacial score (nSPS) is 38.6. The first-order valence-electron chi connectivity index (χ1n) is 15.2. The number of rotatable bonds is 7. The Balaban J connectivity index is 1.25. The molecule has 0 aromatic heterocycles. The average Bonchev–Trinajstić information content (AvgIpc) is 3.22. The first kappa shape index (κ1) is 26.6. The molecule has 8 atom stereocenters. The van der Waals surface area contributed by atoms with Gasteiger partial charge in [-0.3, -0.25) is 4.79 Å². The van der Waals surface area contributed by atoms with Gasteiger partial charge in [0.05, 0.1) is 0 Å². The second-order valence-corrected chi connectivity index (χ2v) is 15.2. The van der Waals surface area contributed by atoms with Gasteiger partial charge in [-0.25, -0.2) is 0 Å². The third-order valence-corrected chi connectivity index (χ3v) is 12.7. The Morgan fingerprint density at radius 2 is 1.75 bits per heavy atom. The molecule has 0 aliphatic heterocycles. The minimum Gasteiger partial charge on any atom is -0.282 e. The van der Waals surface area contributed by atoms with Crippen molar-refractivity contribution in [3.8, 4) is 0 Å². The highest BCUT2D eigenvalue weighted by Crippen LogP contribution is 2.67. The van der Waals surface area contributed by atoms with E-state index in [0.29, 0.717) is 16.1 Å². The summed E-state index contributed by atoms with van der Waals surface area (Å²) in [4.78, 5) is 12.9. The molecule has 0 saturated heterocycles. The van der Waals surface area contributed by atoms with E-state index in [1.807, 2.05) is 30.3 Å². The number of fused-ring (bicyclic) bond motifs is 5. The molecule has 5 rings (SSSR count). The van der Waals surface area contributed by atoms with E-state index in [0.717, 1.165) is 47.5 Å². The van der Waals surface area contributed by atoms with Crippen LogP contribution < -0.4 is 0 Å². The van der Waals surface area contributed by atoms with Crippen molar-refractivity contribution in [2.75, 3.05) is 0 Å².